The van der Waals surface area contributed by atoms with Crippen LogP contribution in [0.3, 0.4) is 0 Å². The summed E-state index contributed by atoms with van der Waals surface area (Å²) in [6.45, 7) is 5.26. The molecule has 0 unspecified atom stereocenters. The summed E-state index contributed by atoms with van der Waals surface area (Å²) in [6, 6.07) is 19.8. The Balaban J connectivity index is 1.87. The molecule has 0 fully saturated rings. The molecule has 32 heavy (non-hydrogen) atoms. The maximum absolute atomic E-state index is 13.4. The molecule has 0 aliphatic rings. The van der Waals surface area contributed by atoms with Crippen LogP contribution in [-0.2, 0) is 14.8 Å². The zero-order valence-corrected chi connectivity index (χ0v) is 19.7. The van der Waals surface area contributed by atoms with Gasteiger partial charge in [0.05, 0.1) is 16.7 Å². The average molecular weight is 473 g/mol. The Labute approximate surface area is 193 Å². The van der Waals surface area contributed by atoms with Gasteiger partial charge in [-0.15, -0.1) is 0 Å². The number of amides is 1. The van der Waals surface area contributed by atoms with E-state index in [0.717, 1.165) is 9.87 Å². The number of nitrogens with zero attached hydrogens (tertiary/aromatic N) is 1. The SMILES string of the molecule is Cc1ccc(N(CC(=O)Nc2ccc(OC(C)C)cc2)S(=O)(=O)c2ccccc2)cc1Cl. The van der Waals surface area contributed by atoms with E-state index >= 15 is 0 Å². The summed E-state index contributed by atoms with van der Waals surface area (Å²) < 4.78 is 33.4. The van der Waals surface area contributed by atoms with Gasteiger partial charge in [0, 0.05) is 10.7 Å². The van der Waals surface area contributed by atoms with Crippen molar-refractivity contribution in [3.8, 4) is 5.75 Å². The first-order chi connectivity index (χ1) is 15.2. The Kier molecular flexibility index (Phi) is 7.43. The minimum atomic E-state index is -4.00. The summed E-state index contributed by atoms with van der Waals surface area (Å²) in [6.07, 6.45) is 0.0357. The lowest BCUT2D eigenvalue weighted by molar-refractivity contribution is -0.114. The Bertz CT molecular complexity index is 1180. The molecule has 1 amide bonds. The number of halogens is 1. The van der Waals surface area contributed by atoms with Crippen LogP contribution in [0.15, 0.2) is 77.7 Å². The quantitative estimate of drug-likeness (QED) is 0.484. The molecule has 0 saturated carbocycles. The van der Waals surface area contributed by atoms with Crippen LogP contribution in [0.5, 0.6) is 5.75 Å². The first kappa shape index (κ1) is 23.6. The average Bonchev–Trinajstić information content (AvgIpc) is 2.75. The van der Waals surface area contributed by atoms with E-state index in [9.17, 15) is 13.2 Å². The lowest BCUT2D eigenvalue weighted by Crippen LogP contribution is -2.38. The second kappa shape index (κ2) is 10.1. The Hall–Kier alpha value is -3.03. The molecule has 168 valence electrons. The van der Waals surface area contributed by atoms with Crippen molar-refractivity contribution in [2.24, 2.45) is 0 Å². The van der Waals surface area contributed by atoms with Crippen molar-refractivity contribution in [3.05, 3.63) is 83.4 Å². The summed E-state index contributed by atoms with van der Waals surface area (Å²) in [5, 5.41) is 3.15. The number of sulfonamides is 1. The number of hydrogen-bond donors (Lipinski definition) is 1. The minimum Gasteiger partial charge on any atom is -0.491 e. The van der Waals surface area contributed by atoms with Gasteiger partial charge < -0.3 is 10.1 Å². The van der Waals surface area contributed by atoms with Gasteiger partial charge in [-0.3, -0.25) is 9.10 Å². The van der Waals surface area contributed by atoms with Crippen molar-refractivity contribution < 1.29 is 17.9 Å². The van der Waals surface area contributed by atoms with E-state index in [-0.39, 0.29) is 11.0 Å². The molecule has 0 spiro atoms. The molecule has 0 bridgehead atoms. The predicted octanol–water partition coefficient (Wildman–Crippen LogP) is 5.27. The summed E-state index contributed by atoms with van der Waals surface area (Å²) in [4.78, 5) is 12.9. The molecule has 3 rings (SSSR count). The van der Waals surface area contributed by atoms with E-state index in [4.69, 9.17) is 16.3 Å². The van der Waals surface area contributed by atoms with Gasteiger partial charge in [-0.25, -0.2) is 8.42 Å². The van der Waals surface area contributed by atoms with Crippen LogP contribution >= 0.6 is 11.6 Å². The van der Waals surface area contributed by atoms with Crippen LogP contribution in [0.4, 0.5) is 11.4 Å². The summed E-state index contributed by atoms with van der Waals surface area (Å²) in [5.74, 6) is 0.194. The van der Waals surface area contributed by atoms with Crippen LogP contribution < -0.4 is 14.4 Å². The van der Waals surface area contributed by atoms with Crippen LogP contribution in [-0.4, -0.2) is 27.0 Å². The molecule has 0 aliphatic carbocycles. The molecule has 0 atom stereocenters. The number of benzene rings is 3. The maximum atomic E-state index is 13.4. The number of anilines is 2. The summed E-state index contributed by atoms with van der Waals surface area (Å²) in [5.41, 5.74) is 1.64. The van der Waals surface area contributed by atoms with Crippen molar-refractivity contribution in [2.75, 3.05) is 16.2 Å². The molecule has 1 N–H and O–H groups in total. The standard InChI is InChI=1S/C24H25ClN2O4S/c1-17(2)31-21-13-10-19(11-14-21)26-24(28)16-27(20-12-9-18(3)23(25)15-20)32(29,30)22-7-5-4-6-8-22/h4-15,17H,16H2,1-3H3,(H,26,28). The van der Waals surface area contributed by atoms with Crippen molar-refractivity contribution in [1.82, 2.24) is 0 Å². The van der Waals surface area contributed by atoms with Gasteiger partial charge >= 0.3 is 0 Å². The van der Waals surface area contributed by atoms with Gasteiger partial charge in [-0.1, -0.05) is 35.9 Å². The number of nitrogens with one attached hydrogen (secondary N) is 1. The zero-order valence-electron chi connectivity index (χ0n) is 18.1. The lowest BCUT2D eigenvalue weighted by Gasteiger charge is -2.24. The van der Waals surface area contributed by atoms with E-state index in [1.54, 1.807) is 60.7 Å². The molecular formula is C24H25ClN2O4S. The normalized spacial score (nSPS) is 11.3. The summed E-state index contributed by atoms with van der Waals surface area (Å²) in [7, 11) is -4.00. The van der Waals surface area contributed by atoms with Gasteiger partial charge in [0.1, 0.15) is 12.3 Å². The smallest absolute Gasteiger partial charge is 0.264 e. The number of aryl methyl sites for hydroxylation is 1. The maximum Gasteiger partial charge on any atom is 0.264 e. The first-order valence-corrected chi connectivity index (χ1v) is 11.9. The topological polar surface area (TPSA) is 75.7 Å². The number of rotatable bonds is 8. The van der Waals surface area contributed by atoms with Gasteiger partial charge in [-0.05, 0) is 74.9 Å². The van der Waals surface area contributed by atoms with Crippen molar-refractivity contribution in [1.29, 1.82) is 0 Å². The third kappa shape index (κ3) is 5.81. The predicted molar refractivity (Wildman–Crippen MR) is 128 cm³/mol. The Morgan fingerprint density at radius 3 is 2.28 bits per heavy atom. The van der Waals surface area contributed by atoms with E-state index in [2.05, 4.69) is 5.32 Å². The molecule has 3 aromatic carbocycles. The molecule has 8 heteroatoms. The third-order valence-electron chi connectivity index (χ3n) is 4.57. The van der Waals surface area contributed by atoms with Crippen LogP contribution in [0.25, 0.3) is 0 Å². The van der Waals surface area contributed by atoms with Gasteiger partial charge in [0.15, 0.2) is 0 Å². The van der Waals surface area contributed by atoms with E-state index < -0.39 is 22.5 Å². The highest BCUT2D eigenvalue weighted by Crippen LogP contribution is 2.28. The highest BCUT2D eigenvalue weighted by Gasteiger charge is 2.27. The molecule has 0 radical (unpaired) electrons. The fourth-order valence-electron chi connectivity index (χ4n) is 2.99. The van der Waals surface area contributed by atoms with E-state index in [1.807, 2.05) is 20.8 Å². The van der Waals surface area contributed by atoms with Crippen LogP contribution in [0, 0.1) is 6.92 Å². The highest BCUT2D eigenvalue weighted by atomic mass is 35.5. The highest BCUT2D eigenvalue weighted by molar-refractivity contribution is 7.92. The molecule has 0 saturated heterocycles. The number of hydrogen-bond acceptors (Lipinski definition) is 4. The molecule has 0 aromatic heterocycles. The third-order valence-corrected chi connectivity index (χ3v) is 6.77. The lowest BCUT2D eigenvalue weighted by atomic mass is 10.2. The monoisotopic (exact) mass is 472 g/mol. The summed E-state index contributed by atoms with van der Waals surface area (Å²) >= 11 is 6.24. The van der Waals surface area contributed by atoms with Crippen molar-refractivity contribution >= 4 is 38.9 Å². The largest absolute Gasteiger partial charge is 0.491 e. The Morgan fingerprint density at radius 2 is 1.69 bits per heavy atom. The molecular weight excluding hydrogens is 448 g/mol. The van der Waals surface area contributed by atoms with E-state index in [0.29, 0.717) is 22.1 Å². The fraction of sp³-hybridized carbons (Fsp3) is 0.208. The molecule has 3 aromatic rings. The van der Waals surface area contributed by atoms with Gasteiger partial charge in [0.2, 0.25) is 5.91 Å². The van der Waals surface area contributed by atoms with E-state index in [1.165, 1.54) is 12.1 Å². The number of ether oxygens (including phenoxy) is 1. The van der Waals surface area contributed by atoms with Crippen molar-refractivity contribution in [2.45, 2.75) is 31.8 Å². The Morgan fingerprint density at radius 1 is 1.03 bits per heavy atom. The minimum absolute atomic E-state index is 0.0357. The number of carbonyl (C=O) groups is 1. The van der Waals surface area contributed by atoms with Gasteiger partial charge in [-0.2, -0.15) is 0 Å². The second-order valence-electron chi connectivity index (χ2n) is 7.50. The molecule has 0 aliphatic heterocycles. The van der Waals surface area contributed by atoms with Crippen LogP contribution in [0.2, 0.25) is 5.02 Å². The van der Waals surface area contributed by atoms with Crippen LogP contribution in [0.1, 0.15) is 19.4 Å². The first-order valence-electron chi connectivity index (χ1n) is 10.1. The molecule has 0 heterocycles. The van der Waals surface area contributed by atoms with Gasteiger partial charge in [0.25, 0.3) is 10.0 Å². The fourth-order valence-corrected chi connectivity index (χ4v) is 4.60. The molecule has 6 nitrogen and oxygen atoms in total. The van der Waals surface area contributed by atoms with Crippen molar-refractivity contribution in [3.63, 3.8) is 0 Å². The zero-order chi connectivity index (χ0) is 23.3. The second-order valence-corrected chi connectivity index (χ2v) is 9.77. The number of carbonyl (C=O) groups excluding carboxylic acids is 1.